The van der Waals surface area contributed by atoms with Crippen molar-refractivity contribution in [2.45, 2.75) is 87.3 Å². The first-order chi connectivity index (χ1) is 26.8. The lowest BCUT2D eigenvalue weighted by atomic mass is 9.98. The number of unbranched alkanes of at least 4 members (excludes halogenated alkanes) is 3. The van der Waals surface area contributed by atoms with Crippen molar-refractivity contribution in [3.8, 4) is 0 Å². The van der Waals surface area contributed by atoms with Gasteiger partial charge in [0.2, 0.25) is 0 Å². The van der Waals surface area contributed by atoms with E-state index in [1.807, 2.05) is 0 Å². The van der Waals surface area contributed by atoms with Gasteiger partial charge >= 0.3 is 0 Å². The smallest absolute Gasteiger partial charge is 0.185 e. The molecule has 0 saturated heterocycles. The first kappa shape index (κ1) is 46.4. The summed E-state index contributed by atoms with van der Waals surface area (Å²) >= 11 is 15.9. The third kappa shape index (κ3) is 16.2. The molecule has 0 fully saturated rings. The minimum absolute atomic E-state index is 0.0312. The number of ketones is 4. The molecule has 2 aromatic carbocycles. The molecule has 10 N–H and O–H groups in total. The van der Waals surface area contributed by atoms with Crippen molar-refractivity contribution in [2.24, 2.45) is 38.7 Å². The number of guanidine groups is 2. The molecule has 1 aromatic heterocycles. The van der Waals surface area contributed by atoms with Crippen LogP contribution in [0.15, 0.2) is 56.4 Å². The van der Waals surface area contributed by atoms with E-state index in [1.165, 1.54) is 35.9 Å². The average molecular weight is 845 g/mol. The lowest BCUT2D eigenvalue weighted by Gasteiger charge is -2.16. The van der Waals surface area contributed by atoms with Gasteiger partial charge in [0.15, 0.2) is 23.5 Å². The minimum atomic E-state index is -0.377. The first-order valence-corrected chi connectivity index (χ1v) is 21.1. The number of halogens is 2. The van der Waals surface area contributed by atoms with Gasteiger partial charge in [0, 0.05) is 69.9 Å². The highest BCUT2D eigenvalue weighted by Gasteiger charge is 2.22. The number of Topliss-reactive ketones (excluding diaryl/α,β-unsaturated/α-hetero) is 4. The van der Waals surface area contributed by atoms with Crippen LogP contribution < -0.4 is 28.7 Å². The summed E-state index contributed by atoms with van der Waals surface area (Å²) in [6.45, 7) is 3.24. The van der Waals surface area contributed by atoms with Crippen LogP contribution in [0.1, 0.15) is 95.1 Å². The molecular weight excluding hydrogens is 794 g/mol. The van der Waals surface area contributed by atoms with Gasteiger partial charge in [0.1, 0.15) is 29.3 Å². The number of aliphatic imine (C=N–C) groups is 2. The topological polar surface area (TPSA) is 249 Å². The van der Waals surface area contributed by atoms with Crippen LogP contribution in [-0.4, -0.2) is 76.2 Å². The van der Waals surface area contributed by atoms with Crippen LogP contribution in [0.5, 0.6) is 0 Å². The fourth-order valence-electron chi connectivity index (χ4n) is 5.79. The van der Waals surface area contributed by atoms with E-state index in [0.29, 0.717) is 77.1 Å². The minimum Gasteiger partial charge on any atom is -0.370 e. The number of thioether (sulfide) groups is 2. The highest BCUT2D eigenvalue weighted by atomic mass is 35.5. The van der Waals surface area contributed by atoms with Crippen LogP contribution in [0.3, 0.4) is 0 Å². The third-order valence-electron chi connectivity index (χ3n) is 8.36. The van der Waals surface area contributed by atoms with Gasteiger partial charge in [-0.15, -0.1) is 23.5 Å². The standard InChI is InChI=1S/C39H51Cl2N9O4S2/c1-2-3-4-7-30(51)18-24-14-28(40)16-26(36(24)55-12-10-47-38(43)44)20-34(53)32-22-33(50-23-49-32)35(54)21-27-17-29(41)15-25(19-31(52)8-5-6-9-42)37(27)56-13-11-48-39(45)46/h14-17,22-23H,2-13,18-21,42H2,1H3,(H4,43,44,47)(H4,45,46,48). The molecular formula is C39H51Cl2N9O4S2. The number of carbonyl (C=O) groups is 4. The molecule has 13 nitrogen and oxygen atoms in total. The summed E-state index contributed by atoms with van der Waals surface area (Å²) in [6, 6.07) is 8.25. The van der Waals surface area contributed by atoms with Gasteiger partial charge in [0.25, 0.3) is 0 Å². The van der Waals surface area contributed by atoms with E-state index in [9.17, 15) is 19.2 Å². The Morgan fingerprint density at radius 2 is 1.04 bits per heavy atom. The quantitative estimate of drug-likeness (QED) is 0.0227. The van der Waals surface area contributed by atoms with Crippen molar-refractivity contribution in [3.05, 3.63) is 80.3 Å². The maximum atomic E-state index is 13.8. The van der Waals surface area contributed by atoms with E-state index in [4.69, 9.17) is 51.9 Å². The fourth-order valence-corrected chi connectivity index (χ4v) is 8.36. The molecule has 3 aromatic rings. The monoisotopic (exact) mass is 843 g/mol. The molecule has 3 rings (SSSR count). The summed E-state index contributed by atoms with van der Waals surface area (Å²) in [4.78, 5) is 71.4. The van der Waals surface area contributed by atoms with E-state index < -0.39 is 0 Å². The Kier molecular flexibility index (Phi) is 20.3. The SMILES string of the molecule is CCCCCC(=O)Cc1cc(Cl)cc(CC(=O)c2cc(C(=O)Cc3cc(Cl)cc(CC(=O)CCCCN)c3SCCN=C(N)N)ncn2)c1SCCN=C(N)N. The number of nitrogens with two attached hydrogens (primary N) is 5. The molecule has 0 aliphatic carbocycles. The molecule has 0 spiro atoms. The van der Waals surface area contributed by atoms with Gasteiger partial charge in [-0.25, -0.2) is 9.97 Å². The van der Waals surface area contributed by atoms with E-state index in [-0.39, 0.29) is 72.1 Å². The average Bonchev–Trinajstić information content (AvgIpc) is 3.13. The summed E-state index contributed by atoms with van der Waals surface area (Å²) in [7, 11) is 0. The van der Waals surface area contributed by atoms with E-state index in [1.54, 1.807) is 24.3 Å². The fraction of sp³-hybridized carbons (Fsp3) is 0.436. The maximum Gasteiger partial charge on any atom is 0.185 e. The largest absolute Gasteiger partial charge is 0.370 e. The number of carbonyl (C=O) groups excluding carboxylic acids is 4. The van der Waals surface area contributed by atoms with Crippen LogP contribution in [0.25, 0.3) is 0 Å². The number of benzene rings is 2. The number of nitrogens with zero attached hydrogens (tertiary/aromatic N) is 4. The Bertz CT molecular complexity index is 1770. The third-order valence-corrected chi connectivity index (χ3v) is 11.2. The van der Waals surface area contributed by atoms with Gasteiger partial charge in [-0.2, -0.15) is 0 Å². The Balaban J connectivity index is 1.90. The zero-order chi connectivity index (χ0) is 41.0. The van der Waals surface area contributed by atoms with Gasteiger partial charge in [-0.05, 0) is 78.4 Å². The van der Waals surface area contributed by atoms with Gasteiger partial charge < -0.3 is 28.7 Å². The van der Waals surface area contributed by atoms with Crippen molar-refractivity contribution in [3.63, 3.8) is 0 Å². The molecule has 1 heterocycles. The maximum absolute atomic E-state index is 13.8. The molecule has 0 atom stereocenters. The second kappa shape index (κ2) is 24.6. The number of hydrogen-bond acceptors (Lipinski definition) is 11. The van der Waals surface area contributed by atoms with Crippen molar-refractivity contribution in [2.75, 3.05) is 31.1 Å². The molecule has 0 bridgehead atoms. The van der Waals surface area contributed by atoms with E-state index >= 15 is 0 Å². The molecule has 0 aliphatic rings. The summed E-state index contributed by atoms with van der Waals surface area (Å²) in [5.74, 6) is 0.267. The van der Waals surface area contributed by atoms with Crippen LogP contribution in [0, 0.1) is 0 Å². The number of hydrogen-bond donors (Lipinski definition) is 5. The van der Waals surface area contributed by atoms with E-state index in [0.717, 1.165) is 41.0 Å². The summed E-state index contributed by atoms with van der Waals surface area (Å²) in [5.41, 5.74) is 30.4. The zero-order valence-electron chi connectivity index (χ0n) is 31.7. The second-order valence-electron chi connectivity index (χ2n) is 13.0. The van der Waals surface area contributed by atoms with Crippen molar-refractivity contribution in [1.82, 2.24) is 9.97 Å². The van der Waals surface area contributed by atoms with Gasteiger partial charge in [-0.3, -0.25) is 29.2 Å². The zero-order valence-corrected chi connectivity index (χ0v) is 34.8. The Morgan fingerprint density at radius 3 is 1.43 bits per heavy atom. The molecule has 0 aliphatic heterocycles. The Labute approximate surface area is 346 Å². The van der Waals surface area contributed by atoms with Gasteiger partial charge in [0.05, 0.1) is 13.1 Å². The molecule has 0 saturated carbocycles. The van der Waals surface area contributed by atoms with Crippen LogP contribution in [-0.2, 0) is 35.3 Å². The number of aromatic nitrogens is 2. The Hall–Kier alpha value is -4.02. The highest BCUT2D eigenvalue weighted by molar-refractivity contribution is 7.99. The first-order valence-electron chi connectivity index (χ1n) is 18.4. The van der Waals surface area contributed by atoms with Crippen molar-refractivity contribution >= 4 is 81.8 Å². The molecule has 56 heavy (non-hydrogen) atoms. The molecule has 0 amide bonds. The number of rotatable bonds is 26. The molecule has 0 unspecified atom stereocenters. The normalized spacial score (nSPS) is 10.9. The summed E-state index contributed by atoms with van der Waals surface area (Å²) in [6.07, 6.45) is 6.29. The predicted octanol–water partition coefficient (Wildman–Crippen LogP) is 5.30. The second-order valence-corrected chi connectivity index (χ2v) is 16.1. The predicted molar refractivity (Wildman–Crippen MR) is 228 cm³/mol. The Morgan fingerprint density at radius 1 is 0.625 bits per heavy atom. The van der Waals surface area contributed by atoms with Gasteiger partial charge in [-0.1, -0.05) is 43.0 Å². The molecule has 17 heteroatoms. The molecule has 302 valence electrons. The van der Waals surface area contributed by atoms with Crippen molar-refractivity contribution < 1.29 is 19.2 Å². The highest BCUT2D eigenvalue weighted by Crippen LogP contribution is 2.34. The van der Waals surface area contributed by atoms with Crippen LogP contribution in [0.4, 0.5) is 0 Å². The lowest BCUT2D eigenvalue weighted by molar-refractivity contribution is -0.119. The summed E-state index contributed by atoms with van der Waals surface area (Å²) < 4.78 is 0. The summed E-state index contributed by atoms with van der Waals surface area (Å²) in [5, 5.41) is 0.765. The molecule has 0 radical (unpaired) electrons. The lowest BCUT2D eigenvalue weighted by Crippen LogP contribution is -2.23. The van der Waals surface area contributed by atoms with Crippen molar-refractivity contribution in [1.29, 1.82) is 0 Å². The van der Waals surface area contributed by atoms with Crippen LogP contribution >= 0.6 is 46.7 Å². The van der Waals surface area contributed by atoms with E-state index in [2.05, 4.69) is 26.9 Å². The van der Waals surface area contributed by atoms with Crippen LogP contribution in [0.2, 0.25) is 10.0 Å².